The van der Waals surface area contributed by atoms with Gasteiger partial charge in [-0.25, -0.2) is 0 Å². The van der Waals surface area contributed by atoms with Crippen molar-refractivity contribution in [2.75, 3.05) is 93.4 Å². The Morgan fingerprint density at radius 3 is 2.30 bits per heavy atom. The summed E-state index contributed by atoms with van der Waals surface area (Å²) in [5.41, 5.74) is 0. The van der Waals surface area contributed by atoms with E-state index in [1.807, 2.05) is 14.1 Å². The minimum absolute atomic E-state index is 0.281. The van der Waals surface area contributed by atoms with Crippen LogP contribution >= 0.6 is 0 Å². The molecule has 4 atom stereocenters. The van der Waals surface area contributed by atoms with Gasteiger partial charge in [0.25, 0.3) is 5.91 Å². The predicted molar refractivity (Wildman–Crippen MR) is 91.6 cm³/mol. The van der Waals surface area contributed by atoms with Crippen LogP contribution in [0.2, 0.25) is 0 Å². The second-order valence-electron chi connectivity index (χ2n) is 8.53. The van der Waals surface area contributed by atoms with Gasteiger partial charge < -0.3 is 13.9 Å². The molecule has 3 saturated heterocycles. The summed E-state index contributed by atoms with van der Waals surface area (Å²) in [6.07, 6.45) is 2.54. The van der Waals surface area contributed by atoms with E-state index in [9.17, 15) is 4.79 Å². The molecule has 0 N–H and O–H groups in total. The Kier molecular flexibility index (Phi) is 4.97. The van der Waals surface area contributed by atoms with E-state index in [0.717, 1.165) is 30.8 Å². The topological polar surface area (TPSA) is 26.8 Å². The SMILES string of the molecule is CN(C)C(=O)C[N+]12CCCN(CC[N+]3(C)CCCN(CC1)C3)C2. The molecule has 3 aliphatic rings. The zero-order chi connectivity index (χ0) is 16.5. The Bertz CT molecular complexity index is 443. The summed E-state index contributed by atoms with van der Waals surface area (Å²) >= 11 is 0. The van der Waals surface area contributed by atoms with Gasteiger partial charge in [0.1, 0.15) is 13.3 Å². The lowest BCUT2D eigenvalue weighted by molar-refractivity contribution is -0.947. The second-order valence-corrected chi connectivity index (χ2v) is 8.53. The van der Waals surface area contributed by atoms with Crippen molar-refractivity contribution in [2.24, 2.45) is 0 Å². The third-order valence-corrected chi connectivity index (χ3v) is 6.14. The van der Waals surface area contributed by atoms with Gasteiger partial charge in [0, 0.05) is 40.0 Å². The molecular formula is C17H35N5O+2. The first-order chi connectivity index (χ1) is 10.9. The Hall–Kier alpha value is -0.690. The predicted octanol–water partition coefficient (Wildman–Crippen LogP) is -0.322. The average Bonchev–Trinajstić information content (AvgIpc) is 2.51. The summed E-state index contributed by atoms with van der Waals surface area (Å²) in [5.74, 6) is 0.281. The van der Waals surface area contributed by atoms with Crippen molar-refractivity contribution in [3.05, 3.63) is 0 Å². The molecule has 6 heteroatoms. The van der Waals surface area contributed by atoms with Crippen LogP contribution in [0.25, 0.3) is 0 Å². The van der Waals surface area contributed by atoms with Crippen molar-refractivity contribution >= 4 is 5.91 Å². The molecule has 3 aliphatic heterocycles. The number of quaternary nitrogens is 2. The van der Waals surface area contributed by atoms with Crippen molar-refractivity contribution in [1.29, 1.82) is 0 Å². The van der Waals surface area contributed by atoms with Crippen LogP contribution in [0, 0.1) is 0 Å². The Labute approximate surface area is 141 Å². The maximum Gasteiger partial charge on any atom is 0.277 e. The fourth-order valence-corrected chi connectivity index (χ4v) is 4.60. The standard InChI is InChI=1S/C17H35N5O/c1-18(2)17(23)14-22-11-5-7-20(16-22)8-12-21(3)10-4-6-19(15-21)9-13-22/h4-16H2,1-3H3/q+2. The number of carbonyl (C=O) groups is 1. The number of amides is 1. The lowest BCUT2D eigenvalue weighted by Gasteiger charge is -2.50. The minimum Gasteiger partial charge on any atom is -0.344 e. The third-order valence-electron chi connectivity index (χ3n) is 6.14. The molecule has 0 aromatic carbocycles. The number of fused-ring (bicyclic) bond motifs is 4. The number of carbonyl (C=O) groups excluding carboxylic acids is 1. The monoisotopic (exact) mass is 325 g/mol. The highest BCUT2D eigenvalue weighted by Gasteiger charge is 2.40. The molecule has 1 amide bonds. The van der Waals surface area contributed by atoms with Crippen molar-refractivity contribution in [1.82, 2.24) is 14.7 Å². The summed E-state index contributed by atoms with van der Waals surface area (Å²) in [6, 6.07) is 0. The fourth-order valence-electron chi connectivity index (χ4n) is 4.60. The molecule has 0 spiro atoms. The van der Waals surface area contributed by atoms with Gasteiger partial charge in [-0.2, -0.15) is 0 Å². The summed E-state index contributed by atoms with van der Waals surface area (Å²) in [6.45, 7) is 12.5. The number of likely N-dealkylation sites (N-methyl/N-ethyl adjacent to an activating group) is 2. The number of hydrogen-bond acceptors (Lipinski definition) is 3. The van der Waals surface area contributed by atoms with Gasteiger partial charge in [0.15, 0.2) is 6.54 Å². The molecule has 0 aliphatic carbocycles. The van der Waals surface area contributed by atoms with Crippen LogP contribution in [0.5, 0.6) is 0 Å². The van der Waals surface area contributed by atoms with Crippen LogP contribution in [0.1, 0.15) is 12.8 Å². The van der Waals surface area contributed by atoms with Gasteiger partial charge in [-0.3, -0.25) is 14.6 Å². The van der Waals surface area contributed by atoms with Gasteiger partial charge in [-0.1, -0.05) is 0 Å². The quantitative estimate of drug-likeness (QED) is 0.651. The molecule has 4 bridgehead atoms. The Morgan fingerprint density at radius 2 is 1.57 bits per heavy atom. The number of nitrogens with zero attached hydrogens (tertiary/aromatic N) is 5. The molecule has 0 saturated carbocycles. The first-order valence-corrected chi connectivity index (χ1v) is 9.23. The van der Waals surface area contributed by atoms with Gasteiger partial charge in [-0.05, 0) is 0 Å². The van der Waals surface area contributed by atoms with Crippen LogP contribution in [-0.4, -0.2) is 123 Å². The van der Waals surface area contributed by atoms with Crippen molar-refractivity contribution < 1.29 is 13.8 Å². The van der Waals surface area contributed by atoms with Crippen LogP contribution in [0.3, 0.4) is 0 Å². The van der Waals surface area contributed by atoms with Crippen molar-refractivity contribution in [2.45, 2.75) is 12.8 Å². The van der Waals surface area contributed by atoms with Crippen LogP contribution in [-0.2, 0) is 4.79 Å². The summed E-state index contributed by atoms with van der Waals surface area (Å²) in [7, 11) is 6.20. The van der Waals surface area contributed by atoms with E-state index in [4.69, 9.17) is 0 Å². The smallest absolute Gasteiger partial charge is 0.277 e. The summed E-state index contributed by atoms with van der Waals surface area (Å²) in [5, 5.41) is 0. The average molecular weight is 326 g/mol. The van der Waals surface area contributed by atoms with E-state index in [-0.39, 0.29) is 5.91 Å². The first kappa shape index (κ1) is 17.1. The highest BCUT2D eigenvalue weighted by Crippen LogP contribution is 2.22. The summed E-state index contributed by atoms with van der Waals surface area (Å²) in [4.78, 5) is 19.4. The Balaban J connectivity index is 1.76. The molecule has 0 aromatic heterocycles. The molecule has 132 valence electrons. The van der Waals surface area contributed by atoms with Gasteiger partial charge in [0.2, 0.25) is 0 Å². The van der Waals surface area contributed by atoms with Crippen LogP contribution < -0.4 is 0 Å². The highest BCUT2D eigenvalue weighted by molar-refractivity contribution is 5.76. The molecule has 3 heterocycles. The fraction of sp³-hybridized carbons (Fsp3) is 0.941. The largest absolute Gasteiger partial charge is 0.344 e. The minimum atomic E-state index is 0.281. The first-order valence-electron chi connectivity index (χ1n) is 9.23. The highest BCUT2D eigenvalue weighted by atomic mass is 16.2. The lowest BCUT2D eigenvalue weighted by Crippen LogP contribution is -2.67. The number of rotatable bonds is 2. The van der Waals surface area contributed by atoms with Crippen molar-refractivity contribution in [3.8, 4) is 0 Å². The maximum atomic E-state index is 12.4. The van der Waals surface area contributed by atoms with E-state index in [1.54, 1.807) is 4.90 Å². The normalized spacial score (nSPS) is 41.2. The molecular weight excluding hydrogens is 290 g/mol. The van der Waals surface area contributed by atoms with E-state index < -0.39 is 0 Å². The van der Waals surface area contributed by atoms with Crippen LogP contribution in [0.4, 0.5) is 0 Å². The zero-order valence-corrected chi connectivity index (χ0v) is 15.3. The summed E-state index contributed by atoms with van der Waals surface area (Å²) < 4.78 is 2.17. The van der Waals surface area contributed by atoms with Gasteiger partial charge in [-0.15, -0.1) is 0 Å². The molecule has 3 fully saturated rings. The third kappa shape index (κ3) is 4.05. The molecule has 0 aromatic rings. The lowest BCUT2D eigenvalue weighted by atomic mass is 10.1. The molecule has 4 unspecified atom stereocenters. The van der Waals surface area contributed by atoms with E-state index in [1.165, 1.54) is 56.7 Å². The van der Waals surface area contributed by atoms with E-state index >= 15 is 0 Å². The maximum absolute atomic E-state index is 12.4. The molecule has 6 nitrogen and oxygen atoms in total. The number of hydrogen-bond donors (Lipinski definition) is 0. The molecule has 0 radical (unpaired) electrons. The van der Waals surface area contributed by atoms with Gasteiger partial charge in [0.05, 0.1) is 46.3 Å². The van der Waals surface area contributed by atoms with Crippen LogP contribution in [0.15, 0.2) is 0 Å². The molecule has 3 rings (SSSR count). The van der Waals surface area contributed by atoms with E-state index in [2.05, 4.69) is 16.8 Å². The second kappa shape index (κ2) is 6.67. The zero-order valence-electron chi connectivity index (χ0n) is 15.3. The van der Waals surface area contributed by atoms with E-state index in [0.29, 0.717) is 6.54 Å². The Morgan fingerprint density at radius 1 is 0.913 bits per heavy atom. The van der Waals surface area contributed by atoms with Crippen molar-refractivity contribution in [3.63, 3.8) is 0 Å². The molecule has 23 heavy (non-hydrogen) atoms. The van der Waals surface area contributed by atoms with Gasteiger partial charge >= 0.3 is 0 Å².